The second-order valence-corrected chi connectivity index (χ2v) is 6.48. The summed E-state index contributed by atoms with van der Waals surface area (Å²) >= 11 is 3.52. The van der Waals surface area contributed by atoms with Gasteiger partial charge in [-0.15, -0.1) is 0 Å². The standard InChI is InChI=1S/C15H20BrN5O2/c1-2-10-13(16)14(21-20-10)15(22)19-9-3-4-11(18-7-9)12-8-17-5-6-23-12/h3-4,7,12-14,17,21H,2,5-6,8H2,1H3,(H,19,22)/t12-,13?,14?/m1/s1. The van der Waals surface area contributed by atoms with E-state index < -0.39 is 6.04 Å². The fraction of sp³-hybridized carbons (Fsp3) is 0.533. The molecule has 3 heterocycles. The van der Waals surface area contributed by atoms with Crippen LogP contribution < -0.4 is 16.1 Å². The van der Waals surface area contributed by atoms with Crippen molar-refractivity contribution in [2.75, 3.05) is 25.0 Å². The molecule has 2 unspecified atom stereocenters. The summed E-state index contributed by atoms with van der Waals surface area (Å²) in [6.07, 6.45) is 2.43. The summed E-state index contributed by atoms with van der Waals surface area (Å²) in [6.45, 7) is 4.33. The van der Waals surface area contributed by atoms with E-state index in [1.807, 2.05) is 19.1 Å². The third-order valence-electron chi connectivity index (χ3n) is 3.91. The zero-order valence-electron chi connectivity index (χ0n) is 12.9. The number of alkyl halides is 1. The van der Waals surface area contributed by atoms with Crippen molar-refractivity contribution in [3.63, 3.8) is 0 Å². The fourth-order valence-electron chi connectivity index (χ4n) is 2.58. The quantitative estimate of drug-likeness (QED) is 0.681. The number of rotatable bonds is 4. The van der Waals surface area contributed by atoms with Crippen molar-refractivity contribution < 1.29 is 9.53 Å². The van der Waals surface area contributed by atoms with Gasteiger partial charge >= 0.3 is 0 Å². The Kier molecular flexibility index (Phi) is 5.24. The zero-order valence-corrected chi connectivity index (χ0v) is 14.5. The summed E-state index contributed by atoms with van der Waals surface area (Å²) in [5, 5.41) is 10.3. The molecule has 1 aromatic heterocycles. The normalized spacial score (nSPS) is 27.2. The summed E-state index contributed by atoms with van der Waals surface area (Å²) in [6, 6.07) is 3.32. The van der Waals surface area contributed by atoms with Crippen LogP contribution in [-0.4, -0.2) is 47.2 Å². The highest BCUT2D eigenvalue weighted by Gasteiger charge is 2.33. The Morgan fingerprint density at radius 3 is 3.00 bits per heavy atom. The number of aromatic nitrogens is 1. The monoisotopic (exact) mass is 381 g/mol. The minimum Gasteiger partial charge on any atom is -0.369 e. The number of pyridine rings is 1. The molecule has 3 atom stereocenters. The molecule has 3 N–H and O–H groups in total. The molecule has 0 bridgehead atoms. The molecule has 23 heavy (non-hydrogen) atoms. The Labute approximate surface area is 143 Å². The number of nitrogens with one attached hydrogen (secondary N) is 3. The number of anilines is 1. The van der Waals surface area contributed by atoms with Crippen LogP contribution in [0, 0.1) is 0 Å². The minimum absolute atomic E-state index is 0.0302. The Morgan fingerprint density at radius 1 is 1.52 bits per heavy atom. The third-order valence-corrected chi connectivity index (χ3v) is 4.97. The van der Waals surface area contributed by atoms with Crippen LogP contribution in [0.1, 0.15) is 25.1 Å². The average Bonchev–Trinajstić information content (AvgIpc) is 2.97. The maximum atomic E-state index is 12.3. The number of amides is 1. The van der Waals surface area contributed by atoms with Crippen LogP contribution in [0.5, 0.6) is 0 Å². The van der Waals surface area contributed by atoms with E-state index in [9.17, 15) is 4.79 Å². The topological polar surface area (TPSA) is 87.6 Å². The molecule has 1 fully saturated rings. The zero-order chi connectivity index (χ0) is 16.2. The van der Waals surface area contributed by atoms with Crippen LogP contribution in [0.15, 0.2) is 23.4 Å². The molecule has 1 amide bonds. The predicted octanol–water partition coefficient (Wildman–Crippen LogP) is 1.18. The van der Waals surface area contributed by atoms with E-state index in [1.54, 1.807) is 6.20 Å². The Morgan fingerprint density at radius 2 is 2.39 bits per heavy atom. The molecular formula is C15H20BrN5O2. The van der Waals surface area contributed by atoms with Gasteiger partial charge < -0.3 is 15.4 Å². The van der Waals surface area contributed by atoms with E-state index in [4.69, 9.17) is 4.74 Å². The average molecular weight is 382 g/mol. The highest BCUT2D eigenvalue weighted by Crippen LogP contribution is 2.20. The summed E-state index contributed by atoms with van der Waals surface area (Å²) < 4.78 is 5.66. The van der Waals surface area contributed by atoms with Crippen molar-refractivity contribution in [2.45, 2.75) is 30.3 Å². The number of hydrogen-bond acceptors (Lipinski definition) is 6. The number of nitrogens with zero attached hydrogens (tertiary/aromatic N) is 2. The highest BCUT2D eigenvalue weighted by atomic mass is 79.9. The fourth-order valence-corrected chi connectivity index (χ4v) is 3.37. The van der Waals surface area contributed by atoms with E-state index in [1.165, 1.54) is 0 Å². The van der Waals surface area contributed by atoms with Crippen molar-refractivity contribution in [3.8, 4) is 0 Å². The molecule has 7 nitrogen and oxygen atoms in total. The maximum Gasteiger partial charge on any atom is 0.250 e. The lowest BCUT2D eigenvalue weighted by molar-refractivity contribution is -0.117. The van der Waals surface area contributed by atoms with Gasteiger partial charge in [0.05, 0.1) is 34.7 Å². The van der Waals surface area contributed by atoms with E-state index >= 15 is 0 Å². The first-order chi connectivity index (χ1) is 11.2. The van der Waals surface area contributed by atoms with E-state index in [-0.39, 0.29) is 16.8 Å². The lowest BCUT2D eigenvalue weighted by atomic mass is 10.1. The molecule has 0 spiro atoms. The SMILES string of the molecule is CCC1=NNC(C(=O)Nc2ccc([C@H]3CNCCO3)nc2)C1Br. The molecule has 0 aliphatic carbocycles. The molecule has 124 valence electrons. The summed E-state index contributed by atoms with van der Waals surface area (Å²) in [5.41, 5.74) is 5.34. The molecule has 2 aliphatic heterocycles. The first-order valence-electron chi connectivity index (χ1n) is 7.74. The van der Waals surface area contributed by atoms with Crippen LogP contribution >= 0.6 is 15.9 Å². The first kappa shape index (κ1) is 16.4. The van der Waals surface area contributed by atoms with Gasteiger partial charge in [-0.3, -0.25) is 15.2 Å². The van der Waals surface area contributed by atoms with Gasteiger partial charge in [-0.2, -0.15) is 5.10 Å². The second kappa shape index (κ2) is 7.37. The second-order valence-electron chi connectivity index (χ2n) is 5.49. The van der Waals surface area contributed by atoms with Gasteiger partial charge in [0.15, 0.2) is 0 Å². The van der Waals surface area contributed by atoms with Crippen LogP contribution in [0.2, 0.25) is 0 Å². The maximum absolute atomic E-state index is 12.3. The number of hydrazone groups is 1. The third kappa shape index (κ3) is 3.70. The number of carbonyl (C=O) groups is 1. The van der Waals surface area contributed by atoms with Crippen LogP contribution in [0.3, 0.4) is 0 Å². The number of carbonyl (C=O) groups excluding carboxylic acids is 1. The lowest BCUT2D eigenvalue weighted by Crippen LogP contribution is -2.41. The molecule has 0 radical (unpaired) electrons. The van der Waals surface area contributed by atoms with E-state index in [2.05, 4.69) is 42.1 Å². The number of ether oxygens (including phenoxy) is 1. The van der Waals surface area contributed by atoms with Gasteiger partial charge in [0, 0.05) is 13.1 Å². The van der Waals surface area contributed by atoms with E-state index in [0.717, 1.165) is 30.9 Å². The van der Waals surface area contributed by atoms with Gasteiger partial charge in [-0.25, -0.2) is 0 Å². The van der Waals surface area contributed by atoms with Crippen molar-refractivity contribution in [3.05, 3.63) is 24.0 Å². The summed E-state index contributed by atoms with van der Waals surface area (Å²) in [4.78, 5) is 16.6. The molecule has 1 saturated heterocycles. The predicted molar refractivity (Wildman–Crippen MR) is 91.8 cm³/mol. The molecule has 0 aromatic carbocycles. The van der Waals surface area contributed by atoms with Crippen molar-refractivity contribution >= 4 is 33.2 Å². The summed E-state index contributed by atoms with van der Waals surface area (Å²) in [7, 11) is 0. The molecule has 3 rings (SSSR count). The lowest BCUT2D eigenvalue weighted by Gasteiger charge is -2.23. The number of halogens is 1. The molecule has 0 saturated carbocycles. The van der Waals surface area contributed by atoms with Gasteiger partial charge in [0.1, 0.15) is 12.1 Å². The molecule has 8 heteroatoms. The van der Waals surface area contributed by atoms with Crippen LogP contribution in [0.4, 0.5) is 5.69 Å². The molecule has 1 aromatic rings. The molecule has 2 aliphatic rings. The summed E-state index contributed by atoms with van der Waals surface area (Å²) in [5.74, 6) is -0.135. The first-order valence-corrected chi connectivity index (χ1v) is 8.65. The van der Waals surface area contributed by atoms with Gasteiger partial charge in [0.2, 0.25) is 5.91 Å². The largest absolute Gasteiger partial charge is 0.369 e. The van der Waals surface area contributed by atoms with Crippen molar-refractivity contribution in [2.24, 2.45) is 5.10 Å². The Hall–Kier alpha value is -1.51. The van der Waals surface area contributed by atoms with Crippen LogP contribution in [-0.2, 0) is 9.53 Å². The highest BCUT2D eigenvalue weighted by molar-refractivity contribution is 9.10. The Bertz CT molecular complexity index is 586. The van der Waals surface area contributed by atoms with Crippen molar-refractivity contribution in [1.82, 2.24) is 15.7 Å². The minimum atomic E-state index is -0.407. The van der Waals surface area contributed by atoms with E-state index in [0.29, 0.717) is 12.3 Å². The Balaban J connectivity index is 1.59. The smallest absolute Gasteiger partial charge is 0.250 e. The molecular weight excluding hydrogens is 362 g/mol. The van der Waals surface area contributed by atoms with Crippen LogP contribution in [0.25, 0.3) is 0 Å². The number of morpholine rings is 1. The van der Waals surface area contributed by atoms with Crippen molar-refractivity contribution in [1.29, 1.82) is 0 Å². The van der Waals surface area contributed by atoms with Gasteiger partial charge in [-0.1, -0.05) is 22.9 Å². The van der Waals surface area contributed by atoms with Gasteiger partial charge in [-0.05, 0) is 18.6 Å². The van der Waals surface area contributed by atoms with Gasteiger partial charge in [0.25, 0.3) is 0 Å². The number of hydrogen-bond donors (Lipinski definition) is 3.